The van der Waals surface area contributed by atoms with Gasteiger partial charge in [0.15, 0.2) is 0 Å². The summed E-state index contributed by atoms with van der Waals surface area (Å²) in [6, 6.07) is 0. The summed E-state index contributed by atoms with van der Waals surface area (Å²) in [5.41, 5.74) is 0.115. The van der Waals surface area contributed by atoms with E-state index in [9.17, 15) is 4.79 Å². The van der Waals surface area contributed by atoms with Gasteiger partial charge in [0, 0.05) is 5.54 Å². The van der Waals surface area contributed by atoms with Gasteiger partial charge < -0.3 is 4.74 Å². The predicted molar refractivity (Wildman–Crippen MR) is 54.0 cm³/mol. The van der Waals surface area contributed by atoms with Gasteiger partial charge in [-0.25, -0.2) is 0 Å². The molecule has 0 radical (unpaired) electrons. The molecule has 0 fully saturated rings. The average Bonchev–Trinajstić information content (AvgIpc) is 1.97. The van der Waals surface area contributed by atoms with Gasteiger partial charge >= 0.3 is 5.97 Å². The molecule has 0 aliphatic carbocycles. The first-order valence-corrected chi connectivity index (χ1v) is 8.14. The standard InChI is InChI=1S/C9H20O2Si/c1-6-7-11-9(10)8(2)12(3,4)5/h8H,6-7H2,1-5H3. The van der Waals surface area contributed by atoms with Crippen molar-refractivity contribution in [3.63, 3.8) is 0 Å². The molecule has 72 valence electrons. The number of rotatable bonds is 4. The van der Waals surface area contributed by atoms with Crippen LogP contribution in [0.2, 0.25) is 25.2 Å². The van der Waals surface area contributed by atoms with Gasteiger partial charge in [-0.3, -0.25) is 4.79 Å². The number of hydrogen-bond acceptors (Lipinski definition) is 2. The first-order valence-electron chi connectivity index (χ1n) is 4.56. The molecule has 1 unspecified atom stereocenters. The van der Waals surface area contributed by atoms with Crippen molar-refractivity contribution in [2.45, 2.75) is 45.5 Å². The molecule has 0 aromatic carbocycles. The largest absolute Gasteiger partial charge is 0.466 e. The molecule has 0 amide bonds. The number of ether oxygens (including phenoxy) is 1. The maximum atomic E-state index is 11.4. The van der Waals surface area contributed by atoms with Crippen molar-refractivity contribution >= 4 is 14.0 Å². The Labute approximate surface area is 76.3 Å². The molecule has 0 aromatic rings. The Morgan fingerprint density at radius 3 is 2.25 bits per heavy atom. The number of carbonyl (C=O) groups is 1. The van der Waals surface area contributed by atoms with Crippen molar-refractivity contribution in [3.8, 4) is 0 Å². The molecule has 1 atom stereocenters. The molecule has 0 aliphatic heterocycles. The molecule has 0 spiro atoms. The van der Waals surface area contributed by atoms with E-state index in [1.54, 1.807) is 0 Å². The summed E-state index contributed by atoms with van der Waals surface area (Å²) in [6.45, 7) is 11.1. The van der Waals surface area contributed by atoms with E-state index in [2.05, 4.69) is 19.6 Å². The Morgan fingerprint density at radius 1 is 1.42 bits per heavy atom. The summed E-state index contributed by atoms with van der Waals surface area (Å²) < 4.78 is 5.08. The molecule has 0 saturated carbocycles. The molecule has 2 nitrogen and oxygen atoms in total. The van der Waals surface area contributed by atoms with Crippen LogP contribution in [0.15, 0.2) is 0 Å². The first-order chi connectivity index (χ1) is 5.39. The van der Waals surface area contributed by atoms with Crippen molar-refractivity contribution in [1.82, 2.24) is 0 Å². The summed E-state index contributed by atoms with van der Waals surface area (Å²) in [5.74, 6) is -0.0176. The summed E-state index contributed by atoms with van der Waals surface area (Å²) in [7, 11) is -1.35. The third kappa shape index (κ3) is 3.90. The Bertz CT molecular complexity index is 149. The van der Waals surface area contributed by atoms with Crippen LogP contribution in [-0.4, -0.2) is 20.7 Å². The van der Waals surface area contributed by atoms with Crippen molar-refractivity contribution in [2.75, 3.05) is 6.61 Å². The maximum absolute atomic E-state index is 11.4. The van der Waals surface area contributed by atoms with Crippen LogP contribution in [0, 0.1) is 0 Å². The minimum absolute atomic E-state index is 0.0176. The van der Waals surface area contributed by atoms with Gasteiger partial charge in [-0.15, -0.1) is 0 Å². The van der Waals surface area contributed by atoms with Crippen LogP contribution in [0.1, 0.15) is 20.3 Å². The molecule has 0 bridgehead atoms. The third-order valence-electron chi connectivity index (χ3n) is 2.10. The van der Waals surface area contributed by atoms with Crippen LogP contribution in [0.3, 0.4) is 0 Å². The zero-order valence-corrected chi connectivity index (χ0v) is 9.81. The molecule has 0 N–H and O–H groups in total. The van der Waals surface area contributed by atoms with E-state index in [1.807, 2.05) is 13.8 Å². The fraction of sp³-hybridized carbons (Fsp3) is 0.889. The molecule has 0 aromatic heterocycles. The van der Waals surface area contributed by atoms with E-state index < -0.39 is 8.07 Å². The molecule has 0 aliphatic rings. The summed E-state index contributed by atoms with van der Waals surface area (Å²) in [4.78, 5) is 11.4. The second-order valence-electron chi connectivity index (χ2n) is 4.26. The van der Waals surface area contributed by atoms with Crippen molar-refractivity contribution in [2.24, 2.45) is 0 Å². The molecular formula is C9H20O2Si. The molecular weight excluding hydrogens is 168 g/mol. The van der Waals surface area contributed by atoms with E-state index >= 15 is 0 Å². The fourth-order valence-electron chi connectivity index (χ4n) is 0.681. The van der Waals surface area contributed by atoms with Gasteiger partial charge in [0.1, 0.15) is 0 Å². The number of hydrogen-bond donors (Lipinski definition) is 0. The minimum Gasteiger partial charge on any atom is -0.466 e. The zero-order valence-electron chi connectivity index (χ0n) is 8.81. The van der Waals surface area contributed by atoms with Gasteiger partial charge in [-0.05, 0) is 6.42 Å². The van der Waals surface area contributed by atoms with Crippen LogP contribution in [0.4, 0.5) is 0 Å². The Morgan fingerprint density at radius 2 is 1.92 bits per heavy atom. The maximum Gasteiger partial charge on any atom is 0.305 e. The summed E-state index contributed by atoms with van der Waals surface area (Å²) >= 11 is 0. The van der Waals surface area contributed by atoms with E-state index in [0.29, 0.717) is 6.61 Å². The highest BCUT2D eigenvalue weighted by atomic mass is 28.3. The summed E-state index contributed by atoms with van der Waals surface area (Å²) in [5, 5.41) is 0. The highest BCUT2D eigenvalue weighted by Gasteiger charge is 2.29. The van der Waals surface area contributed by atoms with Gasteiger partial charge in [0.25, 0.3) is 0 Å². The van der Waals surface area contributed by atoms with E-state index in [4.69, 9.17) is 4.74 Å². The van der Waals surface area contributed by atoms with Gasteiger partial charge in [0.2, 0.25) is 0 Å². The van der Waals surface area contributed by atoms with Crippen LogP contribution in [-0.2, 0) is 9.53 Å². The highest BCUT2D eigenvalue weighted by Crippen LogP contribution is 2.21. The summed E-state index contributed by atoms with van der Waals surface area (Å²) in [6.07, 6.45) is 0.907. The monoisotopic (exact) mass is 188 g/mol. The zero-order chi connectivity index (χ0) is 9.78. The van der Waals surface area contributed by atoms with E-state index in [-0.39, 0.29) is 11.5 Å². The van der Waals surface area contributed by atoms with Crippen molar-refractivity contribution in [3.05, 3.63) is 0 Å². The molecule has 12 heavy (non-hydrogen) atoms. The van der Waals surface area contributed by atoms with Crippen LogP contribution < -0.4 is 0 Å². The normalized spacial score (nSPS) is 14.1. The lowest BCUT2D eigenvalue weighted by Crippen LogP contribution is -2.32. The Balaban J connectivity index is 3.94. The Kier molecular flexibility index (Phi) is 4.53. The fourth-order valence-corrected chi connectivity index (χ4v) is 1.47. The second-order valence-corrected chi connectivity index (χ2v) is 9.85. The van der Waals surface area contributed by atoms with Crippen molar-refractivity contribution in [1.29, 1.82) is 0 Å². The average molecular weight is 188 g/mol. The van der Waals surface area contributed by atoms with Crippen LogP contribution in [0.25, 0.3) is 0 Å². The van der Waals surface area contributed by atoms with Crippen LogP contribution >= 0.6 is 0 Å². The van der Waals surface area contributed by atoms with Crippen molar-refractivity contribution < 1.29 is 9.53 Å². The van der Waals surface area contributed by atoms with E-state index in [1.165, 1.54) is 0 Å². The van der Waals surface area contributed by atoms with E-state index in [0.717, 1.165) is 6.42 Å². The Hall–Kier alpha value is -0.313. The topological polar surface area (TPSA) is 26.3 Å². The molecule has 0 heterocycles. The van der Waals surface area contributed by atoms with Gasteiger partial charge in [-0.2, -0.15) is 0 Å². The minimum atomic E-state index is -1.35. The molecule has 0 saturated heterocycles. The van der Waals surface area contributed by atoms with Crippen LogP contribution in [0.5, 0.6) is 0 Å². The van der Waals surface area contributed by atoms with Gasteiger partial charge in [0.05, 0.1) is 14.7 Å². The quantitative estimate of drug-likeness (QED) is 0.501. The van der Waals surface area contributed by atoms with Gasteiger partial charge in [-0.1, -0.05) is 33.5 Å². The lowest BCUT2D eigenvalue weighted by Gasteiger charge is -2.22. The number of esters is 1. The molecule has 0 rings (SSSR count). The molecule has 3 heteroatoms. The first kappa shape index (κ1) is 11.7. The third-order valence-corrected chi connectivity index (χ3v) is 4.93. The smallest absolute Gasteiger partial charge is 0.305 e. The second kappa shape index (κ2) is 4.65. The highest BCUT2D eigenvalue weighted by molar-refractivity contribution is 6.80. The predicted octanol–water partition coefficient (Wildman–Crippen LogP) is 2.67. The lowest BCUT2D eigenvalue weighted by atomic mass is 10.5. The SMILES string of the molecule is CCCOC(=O)C(C)[Si](C)(C)C. The lowest BCUT2D eigenvalue weighted by molar-refractivity contribution is -0.143. The number of carbonyl (C=O) groups excluding carboxylic acids is 1.